The van der Waals surface area contributed by atoms with Gasteiger partial charge in [-0.15, -0.1) is 0 Å². The molecule has 0 atom stereocenters. The number of fused-ring (bicyclic) bond motifs is 1. The van der Waals surface area contributed by atoms with Gasteiger partial charge in [0, 0.05) is 29.7 Å². The van der Waals surface area contributed by atoms with Gasteiger partial charge >= 0.3 is 0 Å². The van der Waals surface area contributed by atoms with Crippen LogP contribution in [-0.4, -0.2) is 18.1 Å². The Balaban J connectivity index is 1.67. The second-order valence-corrected chi connectivity index (χ2v) is 6.51. The summed E-state index contributed by atoms with van der Waals surface area (Å²) in [6, 6.07) is 18.7. The zero-order valence-electron chi connectivity index (χ0n) is 13.0. The highest BCUT2D eigenvalue weighted by molar-refractivity contribution is 6.35. The van der Waals surface area contributed by atoms with E-state index in [1.807, 2.05) is 30.3 Å². The van der Waals surface area contributed by atoms with Gasteiger partial charge in [-0.2, -0.15) is 0 Å². The molecule has 2 heterocycles. The normalized spacial score (nSPS) is 15.1. The summed E-state index contributed by atoms with van der Waals surface area (Å²) < 4.78 is 0. The molecule has 0 spiro atoms. The van der Waals surface area contributed by atoms with Crippen LogP contribution in [-0.2, 0) is 0 Å². The van der Waals surface area contributed by atoms with E-state index in [4.69, 9.17) is 16.6 Å². The van der Waals surface area contributed by atoms with E-state index in [9.17, 15) is 0 Å². The number of halogens is 1. The summed E-state index contributed by atoms with van der Waals surface area (Å²) in [5.74, 6) is 0. The molecule has 0 N–H and O–H groups in total. The highest BCUT2D eigenvalue weighted by Gasteiger charge is 2.11. The number of para-hydroxylation sites is 1. The molecule has 116 valence electrons. The molecule has 1 fully saturated rings. The van der Waals surface area contributed by atoms with Gasteiger partial charge in [0.1, 0.15) is 0 Å². The Morgan fingerprint density at radius 3 is 2.39 bits per heavy atom. The van der Waals surface area contributed by atoms with Crippen molar-refractivity contribution in [2.24, 2.45) is 0 Å². The Kier molecular flexibility index (Phi) is 3.92. The Bertz CT molecular complexity index is 821. The number of benzene rings is 2. The quantitative estimate of drug-likeness (QED) is 0.615. The predicted molar refractivity (Wildman–Crippen MR) is 98.3 cm³/mol. The fourth-order valence-electron chi connectivity index (χ4n) is 3.28. The third-order valence-corrected chi connectivity index (χ3v) is 4.86. The average Bonchev–Trinajstić information content (AvgIpc) is 2.63. The van der Waals surface area contributed by atoms with Crippen LogP contribution in [0.3, 0.4) is 0 Å². The van der Waals surface area contributed by atoms with E-state index in [1.54, 1.807) is 0 Å². The second kappa shape index (κ2) is 6.21. The van der Waals surface area contributed by atoms with Gasteiger partial charge in [-0.1, -0.05) is 41.9 Å². The summed E-state index contributed by atoms with van der Waals surface area (Å²) in [5, 5.41) is 1.76. The summed E-state index contributed by atoms with van der Waals surface area (Å²) >= 11 is 6.42. The summed E-state index contributed by atoms with van der Waals surface area (Å²) in [6.07, 6.45) is 3.95. The molecule has 23 heavy (non-hydrogen) atoms. The van der Waals surface area contributed by atoms with Crippen LogP contribution in [0.1, 0.15) is 19.3 Å². The zero-order valence-corrected chi connectivity index (χ0v) is 13.8. The molecule has 0 unspecified atom stereocenters. The Morgan fingerprint density at radius 2 is 1.61 bits per heavy atom. The van der Waals surface area contributed by atoms with E-state index in [0.29, 0.717) is 0 Å². The fourth-order valence-corrected chi connectivity index (χ4v) is 3.54. The van der Waals surface area contributed by atoms with Crippen molar-refractivity contribution in [1.29, 1.82) is 0 Å². The molecular formula is C20H19ClN2. The number of rotatable bonds is 2. The van der Waals surface area contributed by atoms with E-state index < -0.39 is 0 Å². The van der Waals surface area contributed by atoms with Crippen molar-refractivity contribution in [2.45, 2.75) is 19.3 Å². The number of anilines is 1. The molecule has 1 aromatic heterocycles. The van der Waals surface area contributed by atoms with Crippen molar-refractivity contribution in [1.82, 2.24) is 4.98 Å². The Labute approximate surface area is 141 Å². The molecule has 4 rings (SSSR count). The first kappa shape index (κ1) is 14.5. The molecule has 2 aromatic carbocycles. The third-order valence-electron chi connectivity index (χ3n) is 4.55. The number of piperidine rings is 1. The standard InChI is InChI=1S/C20H19ClN2/c21-18-14-20(22-19-7-3-2-6-17(18)19)15-8-10-16(11-9-15)23-12-4-1-5-13-23/h2-3,6-11,14H,1,4-5,12-13H2. The lowest BCUT2D eigenvalue weighted by Crippen LogP contribution is -2.29. The lowest BCUT2D eigenvalue weighted by atomic mass is 10.1. The lowest BCUT2D eigenvalue weighted by Gasteiger charge is -2.28. The van der Waals surface area contributed by atoms with Crippen LogP contribution in [0.2, 0.25) is 5.02 Å². The van der Waals surface area contributed by atoms with E-state index in [2.05, 4.69) is 29.2 Å². The van der Waals surface area contributed by atoms with Crippen LogP contribution in [0.15, 0.2) is 54.6 Å². The number of nitrogens with zero attached hydrogens (tertiary/aromatic N) is 2. The van der Waals surface area contributed by atoms with Crippen LogP contribution in [0.25, 0.3) is 22.2 Å². The van der Waals surface area contributed by atoms with Crippen LogP contribution < -0.4 is 4.90 Å². The maximum Gasteiger partial charge on any atom is 0.0724 e. The molecule has 3 aromatic rings. The molecule has 1 aliphatic heterocycles. The van der Waals surface area contributed by atoms with Crippen molar-refractivity contribution in [3.05, 3.63) is 59.6 Å². The maximum atomic E-state index is 6.42. The monoisotopic (exact) mass is 322 g/mol. The minimum Gasteiger partial charge on any atom is -0.372 e. The van der Waals surface area contributed by atoms with Crippen LogP contribution in [0.5, 0.6) is 0 Å². The Morgan fingerprint density at radius 1 is 0.870 bits per heavy atom. The first-order chi connectivity index (χ1) is 11.3. The second-order valence-electron chi connectivity index (χ2n) is 6.10. The molecule has 0 aliphatic carbocycles. The largest absolute Gasteiger partial charge is 0.372 e. The summed E-state index contributed by atoms with van der Waals surface area (Å²) in [6.45, 7) is 2.33. The molecule has 2 nitrogen and oxygen atoms in total. The number of aromatic nitrogens is 1. The molecule has 1 saturated heterocycles. The zero-order chi connectivity index (χ0) is 15.6. The fraction of sp³-hybridized carbons (Fsp3) is 0.250. The molecule has 0 bridgehead atoms. The highest BCUT2D eigenvalue weighted by Crippen LogP contribution is 2.29. The SMILES string of the molecule is Clc1cc(-c2ccc(N3CCCCC3)cc2)nc2ccccc12. The van der Waals surface area contributed by atoms with Gasteiger partial charge in [0.2, 0.25) is 0 Å². The van der Waals surface area contributed by atoms with E-state index in [-0.39, 0.29) is 0 Å². The molecule has 0 radical (unpaired) electrons. The van der Waals surface area contributed by atoms with Crippen molar-refractivity contribution in [3.8, 4) is 11.3 Å². The molecule has 0 amide bonds. The minimum atomic E-state index is 0.755. The van der Waals surface area contributed by atoms with Gasteiger partial charge in [0.05, 0.1) is 16.2 Å². The van der Waals surface area contributed by atoms with Gasteiger partial charge < -0.3 is 4.90 Å². The highest BCUT2D eigenvalue weighted by atomic mass is 35.5. The van der Waals surface area contributed by atoms with Gasteiger partial charge in [0.25, 0.3) is 0 Å². The first-order valence-corrected chi connectivity index (χ1v) is 8.60. The van der Waals surface area contributed by atoms with Crippen molar-refractivity contribution >= 4 is 28.2 Å². The van der Waals surface area contributed by atoms with Crippen LogP contribution in [0, 0.1) is 0 Å². The molecule has 0 saturated carbocycles. The van der Waals surface area contributed by atoms with Crippen molar-refractivity contribution in [3.63, 3.8) is 0 Å². The Hall–Kier alpha value is -2.06. The smallest absolute Gasteiger partial charge is 0.0724 e. The van der Waals surface area contributed by atoms with E-state index >= 15 is 0 Å². The summed E-state index contributed by atoms with van der Waals surface area (Å²) in [5.41, 5.74) is 4.28. The van der Waals surface area contributed by atoms with E-state index in [1.165, 1.54) is 38.0 Å². The van der Waals surface area contributed by atoms with Gasteiger partial charge in [-0.25, -0.2) is 4.98 Å². The van der Waals surface area contributed by atoms with Gasteiger partial charge in [-0.3, -0.25) is 0 Å². The first-order valence-electron chi connectivity index (χ1n) is 8.22. The number of hydrogen-bond acceptors (Lipinski definition) is 2. The van der Waals surface area contributed by atoms with Crippen molar-refractivity contribution < 1.29 is 0 Å². The summed E-state index contributed by atoms with van der Waals surface area (Å²) in [4.78, 5) is 7.22. The molecule has 3 heteroatoms. The third kappa shape index (κ3) is 2.91. The summed E-state index contributed by atoms with van der Waals surface area (Å²) in [7, 11) is 0. The minimum absolute atomic E-state index is 0.755. The van der Waals surface area contributed by atoms with Crippen LogP contribution in [0.4, 0.5) is 5.69 Å². The maximum absolute atomic E-state index is 6.42. The number of hydrogen-bond donors (Lipinski definition) is 0. The topological polar surface area (TPSA) is 16.1 Å². The van der Waals surface area contributed by atoms with Gasteiger partial charge in [0.15, 0.2) is 0 Å². The number of pyridine rings is 1. The van der Waals surface area contributed by atoms with Crippen LogP contribution >= 0.6 is 11.6 Å². The molecule has 1 aliphatic rings. The van der Waals surface area contributed by atoms with E-state index in [0.717, 1.165) is 27.2 Å². The average molecular weight is 323 g/mol. The predicted octanol–water partition coefficient (Wildman–Crippen LogP) is 5.55. The molecular weight excluding hydrogens is 304 g/mol. The lowest BCUT2D eigenvalue weighted by molar-refractivity contribution is 0.578. The van der Waals surface area contributed by atoms with Gasteiger partial charge in [-0.05, 0) is 43.5 Å². The van der Waals surface area contributed by atoms with Crippen molar-refractivity contribution in [2.75, 3.05) is 18.0 Å².